The van der Waals surface area contributed by atoms with Gasteiger partial charge < -0.3 is 16.8 Å². The number of anilines is 2. The first-order valence-corrected chi connectivity index (χ1v) is 4.56. The number of primary amides is 1. The molecule has 0 saturated heterocycles. The van der Waals surface area contributed by atoms with Gasteiger partial charge in [0.25, 0.3) is 0 Å². The second-order valence-electron chi connectivity index (χ2n) is 3.97. The minimum Gasteiger partial charge on any atom is -0.399 e. The van der Waals surface area contributed by atoms with Crippen molar-refractivity contribution in [2.75, 3.05) is 11.1 Å². The van der Waals surface area contributed by atoms with Gasteiger partial charge in [0.1, 0.15) is 11.2 Å². The standard InChI is InChI=1S/C10H13F2N3O/c1-10(2,9(14)16)15-8-6(11)3-5(13)4-7(8)12/h3-4,15H,13H2,1-2H3,(H2,14,16). The summed E-state index contributed by atoms with van der Waals surface area (Å²) in [6.45, 7) is 2.84. The Morgan fingerprint density at radius 3 is 2.12 bits per heavy atom. The van der Waals surface area contributed by atoms with Crippen molar-refractivity contribution < 1.29 is 13.6 Å². The number of hydrogen-bond acceptors (Lipinski definition) is 3. The van der Waals surface area contributed by atoms with E-state index < -0.39 is 28.8 Å². The van der Waals surface area contributed by atoms with E-state index in [0.29, 0.717) is 0 Å². The lowest BCUT2D eigenvalue weighted by Gasteiger charge is -2.24. The molecule has 1 aromatic rings. The largest absolute Gasteiger partial charge is 0.399 e. The van der Waals surface area contributed by atoms with Crippen molar-refractivity contribution in [2.24, 2.45) is 5.73 Å². The lowest BCUT2D eigenvalue weighted by molar-refractivity contribution is -0.121. The van der Waals surface area contributed by atoms with Crippen LogP contribution in [0.2, 0.25) is 0 Å². The molecule has 0 atom stereocenters. The van der Waals surface area contributed by atoms with E-state index in [1.54, 1.807) is 0 Å². The van der Waals surface area contributed by atoms with Crippen molar-refractivity contribution in [1.82, 2.24) is 0 Å². The molecule has 0 aromatic heterocycles. The first kappa shape index (κ1) is 12.2. The average molecular weight is 229 g/mol. The van der Waals surface area contributed by atoms with E-state index in [9.17, 15) is 13.6 Å². The molecule has 1 amide bonds. The van der Waals surface area contributed by atoms with Crippen LogP contribution in [0.15, 0.2) is 12.1 Å². The van der Waals surface area contributed by atoms with Crippen LogP contribution in [0, 0.1) is 11.6 Å². The van der Waals surface area contributed by atoms with Gasteiger partial charge >= 0.3 is 0 Å². The van der Waals surface area contributed by atoms with Crippen LogP contribution in [-0.2, 0) is 4.79 Å². The van der Waals surface area contributed by atoms with Gasteiger partial charge in [-0.05, 0) is 26.0 Å². The van der Waals surface area contributed by atoms with Gasteiger partial charge in [-0.3, -0.25) is 4.79 Å². The van der Waals surface area contributed by atoms with Gasteiger partial charge in [0.15, 0.2) is 11.6 Å². The van der Waals surface area contributed by atoms with Crippen LogP contribution in [0.25, 0.3) is 0 Å². The molecule has 0 aliphatic carbocycles. The molecule has 88 valence electrons. The van der Waals surface area contributed by atoms with Gasteiger partial charge in [-0.25, -0.2) is 8.78 Å². The number of rotatable bonds is 3. The summed E-state index contributed by atoms with van der Waals surface area (Å²) in [6, 6.07) is 1.92. The molecular formula is C10H13F2N3O. The molecule has 4 nitrogen and oxygen atoms in total. The van der Waals surface area contributed by atoms with Crippen molar-refractivity contribution in [3.05, 3.63) is 23.8 Å². The van der Waals surface area contributed by atoms with E-state index in [1.807, 2.05) is 0 Å². The summed E-state index contributed by atoms with van der Waals surface area (Å²) >= 11 is 0. The molecule has 0 heterocycles. The maximum absolute atomic E-state index is 13.4. The third kappa shape index (κ3) is 2.39. The van der Waals surface area contributed by atoms with Gasteiger partial charge in [0, 0.05) is 5.69 Å². The highest BCUT2D eigenvalue weighted by Gasteiger charge is 2.27. The van der Waals surface area contributed by atoms with E-state index in [2.05, 4.69) is 5.32 Å². The summed E-state index contributed by atoms with van der Waals surface area (Å²) in [6.07, 6.45) is 0. The predicted molar refractivity (Wildman–Crippen MR) is 57.7 cm³/mol. The topological polar surface area (TPSA) is 81.1 Å². The van der Waals surface area contributed by atoms with Gasteiger partial charge in [0.2, 0.25) is 5.91 Å². The average Bonchev–Trinajstić information content (AvgIpc) is 2.11. The molecule has 0 spiro atoms. The fourth-order valence-electron chi connectivity index (χ4n) is 1.09. The van der Waals surface area contributed by atoms with Crippen molar-refractivity contribution in [3.8, 4) is 0 Å². The van der Waals surface area contributed by atoms with Crippen LogP contribution in [-0.4, -0.2) is 11.4 Å². The van der Waals surface area contributed by atoms with Crippen LogP contribution in [0.1, 0.15) is 13.8 Å². The highest BCUT2D eigenvalue weighted by Crippen LogP contribution is 2.24. The number of benzene rings is 1. The molecule has 5 N–H and O–H groups in total. The Balaban J connectivity index is 3.11. The summed E-state index contributed by atoms with van der Waals surface area (Å²) in [7, 11) is 0. The Hall–Kier alpha value is -1.85. The van der Waals surface area contributed by atoms with Gasteiger partial charge in [-0.2, -0.15) is 0 Å². The number of carbonyl (C=O) groups is 1. The molecule has 1 aromatic carbocycles. The smallest absolute Gasteiger partial charge is 0.242 e. The Kier molecular flexibility index (Phi) is 3.02. The molecule has 0 unspecified atom stereocenters. The summed E-state index contributed by atoms with van der Waals surface area (Å²) in [5.74, 6) is -2.46. The third-order valence-electron chi connectivity index (χ3n) is 2.12. The zero-order valence-electron chi connectivity index (χ0n) is 8.97. The van der Waals surface area contributed by atoms with Crippen LogP contribution in [0.5, 0.6) is 0 Å². The van der Waals surface area contributed by atoms with Gasteiger partial charge in [-0.1, -0.05) is 0 Å². The van der Waals surface area contributed by atoms with E-state index in [1.165, 1.54) is 13.8 Å². The Morgan fingerprint density at radius 2 is 1.75 bits per heavy atom. The number of nitrogens with two attached hydrogens (primary N) is 2. The highest BCUT2D eigenvalue weighted by molar-refractivity contribution is 5.87. The molecule has 0 aliphatic heterocycles. The zero-order valence-corrected chi connectivity index (χ0v) is 8.97. The predicted octanol–water partition coefficient (Wildman–Crippen LogP) is 1.22. The van der Waals surface area contributed by atoms with Crippen molar-refractivity contribution in [3.63, 3.8) is 0 Å². The number of nitrogen functional groups attached to an aromatic ring is 1. The van der Waals surface area contributed by atoms with E-state index in [4.69, 9.17) is 11.5 Å². The van der Waals surface area contributed by atoms with Crippen molar-refractivity contribution in [1.29, 1.82) is 0 Å². The fraction of sp³-hybridized carbons (Fsp3) is 0.300. The molecule has 0 bridgehead atoms. The summed E-state index contributed by atoms with van der Waals surface area (Å²) in [4.78, 5) is 11.0. The first-order valence-electron chi connectivity index (χ1n) is 4.56. The lowest BCUT2D eigenvalue weighted by Crippen LogP contribution is -2.45. The van der Waals surface area contributed by atoms with Crippen LogP contribution in [0.4, 0.5) is 20.2 Å². The fourth-order valence-corrected chi connectivity index (χ4v) is 1.09. The summed E-state index contributed by atoms with van der Waals surface area (Å²) in [5, 5.41) is 2.40. The van der Waals surface area contributed by atoms with Crippen LogP contribution in [0.3, 0.4) is 0 Å². The molecule has 1 rings (SSSR count). The molecule has 0 radical (unpaired) electrons. The number of amides is 1. The monoisotopic (exact) mass is 229 g/mol. The zero-order chi connectivity index (χ0) is 12.5. The number of hydrogen-bond donors (Lipinski definition) is 3. The number of nitrogens with one attached hydrogen (secondary N) is 1. The second-order valence-corrected chi connectivity index (χ2v) is 3.97. The highest BCUT2D eigenvalue weighted by atomic mass is 19.1. The minimum atomic E-state index is -1.25. The first-order chi connectivity index (χ1) is 7.24. The maximum Gasteiger partial charge on any atom is 0.242 e. The number of carbonyl (C=O) groups excluding carboxylic acids is 1. The Morgan fingerprint density at radius 1 is 1.31 bits per heavy atom. The van der Waals surface area contributed by atoms with Crippen molar-refractivity contribution >= 4 is 17.3 Å². The van der Waals surface area contributed by atoms with E-state index >= 15 is 0 Å². The summed E-state index contributed by atoms with van der Waals surface area (Å²) in [5.41, 5.74) is 8.63. The molecule has 0 fully saturated rings. The number of halogens is 2. The van der Waals surface area contributed by atoms with E-state index in [-0.39, 0.29) is 5.69 Å². The molecule has 6 heteroatoms. The van der Waals surface area contributed by atoms with E-state index in [0.717, 1.165) is 12.1 Å². The SMILES string of the molecule is CC(C)(Nc1c(F)cc(N)cc1F)C(N)=O. The molecule has 16 heavy (non-hydrogen) atoms. The van der Waals surface area contributed by atoms with Crippen molar-refractivity contribution in [2.45, 2.75) is 19.4 Å². The maximum atomic E-state index is 13.4. The summed E-state index contributed by atoms with van der Waals surface area (Å²) < 4.78 is 26.7. The van der Waals surface area contributed by atoms with Gasteiger partial charge in [-0.15, -0.1) is 0 Å². The quantitative estimate of drug-likeness (QED) is 0.682. The molecular weight excluding hydrogens is 216 g/mol. The third-order valence-corrected chi connectivity index (χ3v) is 2.12. The second kappa shape index (κ2) is 3.96. The van der Waals surface area contributed by atoms with Crippen LogP contribution < -0.4 is 16.8 Å². The lowest BCUT2D eigenvalue weighted by atomic mass is 10.0. The minimum absolute atomic E-state index is 0.0302. The Labute approximate surface area is 91.6 Å². The molecule has 0 aliphatic rings. The normalized spacial score (nSPS) is 11.2. The molecule has 0 saturated carbocycles. The van der Waals surface area contributed by atoms with Gasteiger partial charge in [0.05, 0.1) is 0 Å². The Bertz CT molecular complexity index is 409. The van der Waals surface area contributed by atoms with Crippen LogP contribution >= 0.6 is 0 Å².